The SMILES string of the molecule is CC(=O)C(=CC(=O)c1ccc(Br)cc1)C(C)=O. The Hall–Kier alpha value is -1.55. The maximum absolute atomic E-state index is 11.8. The van der Waals surface area contributed by atoms with Crippen LogP contribution in [-0.2, 0) is 9.59 Å². The van der Waals surface area contributed by atoms with E-state index in [9.17, 15) is 14.4 Å². The Morgan fingerprint density at radius 3 is 1.88 bits per heavy atom. The number of Topliss-reactive ketones (excluding diaryl/α,β-unsaturated/α-hetero) is 2. The average molecular weight is 295 g/mol. The number of rotatable bonds is 4. The van der Waals surface area contributed by atoms with Gasteiger partial charge in [0.1, 0.15) is 0 Å². The molecule has 0 spiro atoms. The summed E-state index contributed by atoms with van der Waals surface area (Å²) in [5.41, 5.74) is 0.367. The van der Waals surface area contributed by atoms with E-state index in [-0.39, 0.29) is 11.4 Å². The molecular formula is C13H11BrO3. The zero-order valence-corrected chi connectivity index (χ0v) is 11.1. The third kappa shape index (κ3) is 3.75. The first-order valence-electron chi connectivity index (χ1n) is 4.95. The predicted octanol–water partition coefficient (Wildman–Crippen LogP) is 2.74. The molecule has 0 aliphatic carbocycles. The summed E-state index contributed by atoms with van der Waals surface area (Å²) in [6.45, 7) is 2.53. The number of ketones is 3. The highest BCUT2D eigenvalue weighted by Gasteiger charge is 2.12. The van der Waals surface area contributed by atoms with Crippen LogP contribution in [0.3, 0.4) is 0 Å². The molecule has 0 aromatic heterocycles. The fourth-order valence-electron chi connectivity index (χ4n) is 1.28. The van der Waals surface area contributed by atoms with Crippen LogP contribution in [0.25, 0.3) is 0 Å². The monoisotopic (exact) mass is 294 g/mol. The minimum absolute atomic E-state index is 0.0714. The van der Waals surface area contributed by atoms with Gasteiger partial charge in [0.25, 0.3) is 0 Å². The lowest BCUT2D eigenvalue weighted by atomic mass is 10.0. The molecule has 88 valence electrons. The van der Waals surface area contributed by atoms with Gasteiger partial charge in [0.05, 0.1) is 5.57 Å². The van der Waals surface area contributed by atoms with Crippen LogP contribution in [0.4, 0.5) is 0 Å². The lowest BCUT2D eigenvalue weighted by Crippen LogP contribution is -2.09. The Balaban J connectivity index is 3.05. The molecule has 0 unspecified atom stereocenters. The molecule has 3 nitrogen and oxygen atoms in total. The van der Waals surface area contributed by atoms with Gasteiger partial charge in [-0.25, -0.2) is 0 Å². The summed E-state index contributed by atoms with van der Waals surface area (Å²) in [5, 5.41) is 0. The Morgan fingerprint density at radius 1 is 1.00 bits per heavy atom. The van der Waals surface area contributed by atoms with Crippen LogP contribution in [0.2, 0.25) is 0 Å². The molecule has 0 saturated heterocycles. The van der Waals surface area contributed by atoms with E-state index in [0.29, 0.717) is 5.56 Å². The fourth-order valence-corrected chi connectivity index (χ4v) is 1.54. The molecule has 0 amide bonds. The maximum Gasteiger partial charge on any atom is 0.186 e. The van der Waals surface area contributed by atoms with E-state index >= 15 is 0 Å². The molecule has 0 atom stereocenters. The normalized spacial score (nSPS) is 9.59. The average Bonchev–Trinajstić information content (AvgIpc) is 2.25. The van der Waals surface area contributed by atoms with Crippen molar-refractivity contribution in [2.75, 3.05) is 0 Å². The van der Waals surface area contributed by atoms with Gasteiger partial charge in [-0.1, -0.05) is 15.9 Å². The van der Waals surface area contributed by atoms with E-state index in [1.165, 1.54) is 13.8 Å². The smallest absolute Gasteiger partial charge is 0.186 e. The van der Waals surface area contributed by atoms with Gasteiger partial charge in [-0.05, 0) is 38.1 Å². The number of halogens is 1. The summed E-state index contributed by atoms with van der Waals surface area (Å²) >= 11 is 3.26. The number of hydrogen-bond acceptors (Lipinski definition) is 3. The van der Waals surface area contributed by atoms with Crippen molar-refractivity contribution in [3.05, 3.63) is 46.0 Å². The molecular weight excluding hydrogens is 284 g/mol. The molecule has 0 bridgehead atoms. The van der Waals surface area contributed by atoms with Crippen LogP contribution in [0.5, 0.6) is 0 Å². The second-order valence-corrected chi connectivity index (χ2v) is 4.46. The van der Waals surface area contributed by atoms with Crippen molar-refractivity contribution in [2.45, 2.75) is 13.8 Å². The van der Waals surface area contributed by atoms with Crippen LogP contribution in [0.1, 0.15) is 24.2 Å². The quantitative estimate of drug-likeness (QED) is 0.371. The van der Waals surface area contributed by atoms with Gasteiger partial charge in [-0.3, -0.25) is 14.4 Å². The van der Waals surface area contributed by atoms with Crippen LogP contribution in [0.15, 0.2) is 40.4 Å². The highest BCUT2D eigenvalue weighted by Crippen LogP contribution is 2.12. The predicted molar refractivity (Wildman–Crippen MR) is 67.9 cm³/mol. The maximum atomic E-state index is 11.8. The van der Waals surface area contributed by atoms with E-state index in [0.717, 1.165) is 10.5 Å². The minimum atomic E-state index is -0.400. The molecule has 0 N–H and O–H groups in total. The van der Waals surface area contributed by atoms with Gasteiger partial charge in [0.15, 0.2) is 17.3 Å². The van der Waals surface area contributed by atoms with E-state index in [2.05, 4.69) is 15.9 Å². The highest BCUT2D eigenvalue weighted by molar-refractivity contribution is 9.10. The molecule has 0 heterocycles. The summed E-state index contributed by atoms with van der Waals surface area (Å²) in [5.74, 6) is -1.15. The highest BCUT2D eigenvalue weighted by atomic mass is 79.9. The second-order valence-electron chi connectivity index (χ2n) is 3.54. The van der Waals surface area contributed by atoms with Crippen LogP contribution < -0.4 is 0 Å². The summed E-state index contributed by atoms with van der Waals surface area (Å²) in [6, 6.07) is 6.70. The van der Waals surface area contributed by atoms with Crippen molar-refractivity contribution in [2.24, 2.45) is 0 Å². The fraction of sp³-hybridized carbons (Fsp3) is 0.154. The largest absolute Gasteiger partial charge is 0.294 e. The van der Waals surface area contributed by atoms with Crippen molar-refractivity contribution in [3.8, 4) is 0 Å². The van der Waals surface area contributed by atoms with Crippen molar-refractivity contribution >= 4 is 33.3 Å². The molecule has 4 heteroatoms. The van der Waals surface area contributed by atoms with Crippen LogP contribution in [-0.4, -0.2) is 17.3 Å². The lowest BCUT2D eigenvalue weighted by Gasteiger charge is -1.99. The first-order chi connectivity index (χ1) is 7.91. The Morgan fingerprint density at radius 2 is 1.47 bits per heavy atom. The second kappa shape index (κ2) is 5.68. The molecule has 1 aromatic rings. The van der Waals surface area contributed by atoms with Crippen molar-refractivity contribution < 1.29 is 14.4 Å². The molecule has 0 fully saturated rings. The molecule has 1 aromatic carbocycles. The minimum Gasteiger partial charge on any atom is -0.294 e. The number of hydrogen-bond donors (Lipinski definition) is 0. The third-order valence-electron chi connectivity index (χ3n) is 2.16. The van der Waals surface area contributed by atoms with Crippen LogP contribution >= 0.6 is 15.9 Å². The number of allylic oxidation sites excluding steroid dienone is 2. The summed E-state index contributed by atoms with van der Waals surface area (Å²) < 4.78 is 0.858. The number of carbonyl (C=O) groups excluding carboxylic acids is 3. The van der Waals surface area contributed by atoms with Crippen molar-refractivity contribution in [1.29, 1.82) is 0 Å². The molecule has 0 aliphatic rings. The molecule has 0 aliphatic heterocycles. The Kier molecular flexibility index (Phi) is 4.52. The Bertz CT molecular complexity index is 482. The van der Waals surface area contributed by atoms with E-state index in [1.54, 1.807) is 24.3 Å². The van der Waals surface area contributed by atoms with Crippen LogP contribution in [0, 0.1) is 0 Å². The topological polar surface area (TPSA) is 51.2 Å². The van der Waals surface area contributed by atoms with Gasteiger partial charge in [-0.2, -0.15) is 0 Å². The van der Waals surface area contributed by atoms with E-state index in [4.69, 9.17) is 0 Å². The molecule has 17 heavy (non-hydrogen) atoms. The first-order valence-corrected chi connectivity index (χ1v) is 5.74. The molecule has 0 saturated carbocycles. The molecule has 1 rings (SSSR count). The first kappa shape index (κ1) is 13.5. The zero-order chi connectivity index (χ0) is 13.0. The standard InChI is InChI=1S/C13H11BrO3/c1-8(15)12(9(2)16)7-13(17)10-3-5-11(14)6-4-10/h3-7H,1-2H3. The zero-order valence-electron chi connectivity index (χ0n) is 9.49. The van der Waals surface area contributed by atoms with Gasteiger partial charge in [0.2, 0.25) is 0 Å². The van der Waals surface area contributed by atoms with Gasteiger partial charge in [-0.15, -0.1) is 0 Å². The van der Waals surface area contributed by atoms with Crippen molar-refractivity contribution in [1.82, 2.24) is 0 Å². The number of carbonyl (C=O) groups is 3. The molecule has 0 radical (unpaired) electrons. The third-order valence-corrected chi connectivity index (χ3v) is 2.69. The number of benzene rings is 1. The summed E-state index contributed by atoms with van der Waals surface area (Å²) in [6.07, 6.45) is 1.09. The summed E-state index contributed by atoms with van der Waals surface area (Å²) in [4.78, 5) is 34.1. The van der Waals surface area contributed by atoms with Gasteiger partial charge >= 0.3 is 0 Å². The lowest BCUT2D eigenvalue weighted by molar-refractivity contribution is -0.119. The van der Waals surface area contributed by atoms with Crippen molar-refractivity contribution in [3.63, 3.8) is 0 Å². The van der Waals surface area contributed by atoms with E-state index < -0.39 is 11.6 Å². The van der Waals surface area contributed by atoms with Gasteiger partial charge in [0, 0.05) is 16.1 Å². The van der Waals surface area contributed by atoms with Gasteiger partial charge < -0.3 is 0 Å². The Labute approximate surface area is 108 Å². The van der Waals surface area contributed by atoms with E-state index in [1.807, 2.05) is 0 Å². The summed E-state index contributed by atoms with van der Waals surface area (Å²) in [7, 11) is 0.